The van der Waals surface area contributed by atoms with E-state index < -0.39 is 0 Å². The predicted molar refractivity (Wildman–Crippen MR) is 67.4 cm³/mol. The van der Waals surface area contributed by atoms with Crippen LogP contribution in [0.15, 0.2) is 18.3 Å². The minimum atomic E-state index is 0.959. The third-order valence-corrected chi connectivity index (χ3v) is 3.28. The second-order valence-electron chi connectivity index (χ2n) is 4.63. The third kappa shape index (κ3) is 3.99. The zero-order valence-electron chi connectivity index (χ0n) is 10.0. The van der Waals surface area contributed by atoms with Crippen molar-refractivity contribution in [2.75, 3.05) is 26.2 Å². The van der Waals surface area contributed by atoms with Gasteiger partial charge in [0.2, 0.25) is 0 Å². The molecule has 1 aromatic heterocycles. The Labute approximate surface area is 98.2 Å². The van der Waals surface area contributed by atoms with Crippen LogP contribution in [0.1, 0.15) is 31.4 Å². The van der Waals surface area contributed by atoms with E-state index in [1.165, 1.54) is 51.0 Å². The summed E-state index contributed by atoms with van der Waals surface area (Å²) in [5, 5.41) is 3.48. The Morgan fingerprint density at radius 2 is 2.00 bits per heavy atom. The molecule has 0 amide bonds. The molecule has 0 saturated carbocycles. The quantitative estimate of drug-likeness (QED) is 0.745. The molecule has 3 nitrogen and oxygen atoms in total. The summed E-state index contributed by atoms with van der Waals surface area (Å²) >= 11 is 0. The van der Waals surface area contributed by atoms with Gasteiger partial charge in [-0.1, -0.05) is 12.8 Å². The second-order valence-corrected chi connectivity index (χ2v) is 4.63. The average Bonchev–Trinajstić information content (AvgIpc) is 2.68. The average molecular weight is 221 g/mol. The van der Waals surface area contributed by atoms with Crippen LogP contribution in [0.4, 0.5) is 0 Å². The highest BCUT2D eigenvalue weighted by molar-refractivity contribution is 5.02. The fourth-order valence-electron chi connectivity index (χ4n) is 2.30. The summed E-state index contributed by atoms with van der Waals surface area (Å²) in [6.07, 6.45) is 7.60. The molecule has 1 fully saturated rings. The molecule has 0 atom stereocenters. The van der Waals surface area contributed by atoms with E-state index in [0.717, 1.165) is 13.1 Å². The number of aromatic amines is 1. The van der Waals surface area contributed by atoms with Crippen LogP contribution in [-0.4, -0.2) is 36.1 Å². The molecule has 1 aromatic rings. The number of nitrogens with one attached hydrogen (secondary N) is 2. The number of hydrogen-bond acceptors (Lipinski definition) is 2. The van der Waals surface area contributed by atoms with Crippen molar-refractivity contribution in [1.29, 1.82) is 0 Å². The highest BCUT2D eigenvalue weighted by atomic mass is 15.1. The van der Waals surface area contributed by atoms with Crippen LogP contribution in [-0.2, 0) is 6.54 Å². The first kappa shape index (κ1) is 11.7. The summed E-state index contributed by atoms with van der Waals surface area (Å²) in [7, 11) is 0. The van der Waals surface area contributed by atoms with Gasteiger partial charge in [-0.15, -0.1) is 0 Å². The minimum absolute atomic E-state index is 0.959. The number of hydrogen-bond donors (Lipinski definition) is 2. The first-order valence-corrected chi connectivity index (χ1v) is 6.50. The van der Waals surface area contributed by atoms with Crippen LogP contribution in [0, 0.1) is 0 Å². The molecule has 0 radical (unpaired) electrons. The van der Waals surface area contributed by atoms with Crippen molar-refractivity contribution in [3.63, 3.8) is 0 Å². The first-order chi connectivity index (χ1) is 7.95. The van der Waals surface area contributed by atoms with Gasteiger partial charge in [0.1, 0.15) is 0 Å². The summed E-state index contributed by atoms with van der Waals surface area (Å²) < 4.78 is 0. The van der Waals surface area contributed by atoms with Gasteiger partial charge in [-0.3, -0.25) is 0 Å². The van der Waals surface area contributed by atoms with Gasteiger partial charge in [-0.2, -0.15) is 0 Å². The predicted octanol–water partition coefficient (Wildman–Crippen LogP) is 1.98. The summed E-state index contributed by atoms with van der Waals surface area (Å²) in [6.45, 7) is 5.84. The summed E-state index contributed by atoms with van der Waals surface area (Å²) in [6, 6.07) is 4.17. The van der Waals surface area contributed by atoms with E-state index in [1.54, 1.807) is 0 Å². The van der Waals surface area contributed by atoms with Gasteiger partial charge >= 0.3 is 0 Å². The fraction of sp³-hybridized carbons (Fsp3) is 0.692. The molecule has 0 aromatic carbocycles. The monoisotopic (exact) mass is 221 g/mol. The molecule has 3 heteroatoms. The minimum Gasteiger partial charge on any atom is -0.364 e. The normalized spacial score (nSPS) is 18.5. The lowest BCUT2D eigenvalue weighted by Gasteiger charge is -2.19. The van der Waals surface area contributed by atoms with Gasteiger partial charge < -0.3 is 15.2 Å². The summed E-state index contributed by atoms with van der Waals surface area (Å²) in [5.41, 5.74) is 1.27. The van der Waals surface area contributed by atoms with E-state index in [2.05, 4.69) is 21.3 Å². The lowest BCUT2D eigenvalue weighted by molar-refractivity contribution is 0.284. The van der Waals surface area contributed by atoms with Crippen LogP contribution in [0.25, 0.3) is 0 Å². The number of H-pyrrole nitrogens is 1. The van der Waals surface area contributed by atoms with E-state index in [0.29, 0.717) is 0 Å². The Morgan fingerprint density at radius 1 is 1.19 bits per heavy atom. The van der Waals surface area contributed by atoms with Crippen LogP contribution >= 0.6 is 0 Å². The molecule has 0 aliphatic carbocycles. The van der Waals surface area contributed by atoms with Crippen molar-refractivity contribution in [3.8, 4) is 0 Å². The number of aromatic nitrogens is 1. The molecule has 0 spiro atoms. The molecule has 0 bridgehead atoms. The molecule has 1 aliphatic rings. The molecule has 90 valence electrons. The molecule has 2 rings (SSSR count). The number of nitrogens with zero attached hydrogens (tertiary/aromatic N) is 1. The van der Waals surface area contributed by atoms with Crippen LogP contribution in [0.2, 0.25) is 0 Å². The van der Waals surface area contributed by atoms with Crippen molar-refractivity contribution in [1.82, 2.24) is 15.2 Å². The zero-order valence-corrected chi connectivity index (χ0v) is 10.0. The Balaban J connectivity index is 1.56. The van der Waals surface area contributed by atoms with Crippen LogP contribution < -0.4 is 5.32 Å². The largest absolute Gasteiger partial charge is 0.364 e. The number of likely N-dealkylation sites (tertiary alicyclic amines) is 1. The van der Waals surface area contributed by atoms with Gasteiger partial charge in [0.25, 0.3) is 0 Å². The van der Waals surface area contributed by atoms with E-state index in [1.807, 2.05) is 12.3 Å². The first-order valence-electron chi connectivity index (χ1n) is 6.50. The van der Waals surface area contributed by atoms with Gasteiger partial charge in [-0.05, 0) is 38.1 Å². The maximum atomic E-state index is 3.48. The molecule has 2 N–H and O–H groups in total. The van der Waals surface area contributed by atoms with Crippen molar-refractivity contribution in [2.45, 2.75) is 32.2 Å². The van der Waals surface area contributed by atoms with Crippen molar-refractivity contribution in [2.24, 2.45) is 0 Å². The maximum absolute atomic E-state index is 3.48. The second kappa shape index (κ2) is 6.71. The lowest BCUT2D eigenvalue weighted by atomic mass is 10.2. The SMILES string of the molecule is c1c[nH]c(CNCCN2CCCCCC2)c1. The molecule has 16 heavy (non-hydrogen) atoms. The molecular formula is C13H23N3. The fourth-order valence-corrected chi connectivity index (χ4v) is 2.30. The smallest absolute Gasteiger partial charge is 0.0357 e. The van der Waals surface area contributed by atoms with Crippen molar-refractivity contribution in [3.05, 3.63) is 24.0 Å². The summed E-state index contributed by atoms with van der Waals surface area (Å²) in [4.78, 5) is 5.80. The Hall–Kier alpha value is -0.800. The molecule has 2 heterocycles. The molecule has 1 saturated heterocycles. The van der Waals surface area contributed by atoms with E-state index in [-0.39, 0.29) is 0 Å². The number of rotatable bonds is 5. The van der Waals surface area contributed by atoms with E-state index >= 15 is 0 Å². The van der Waals surface area contributed by atoms with Crippen molar-refractivity contribution >= 4 is 0 Å². The molecule has 0 unspecified atom stereocenters. The maximum Gasteiger partial charge on any atom is 0.0357 e. The van der Waals surface area contributed by atoms with Gasteiger partial charge in [0, 0.05) is 31.5 Å². The highest BCUT2D eigenvalue weighted by Gasteiger charge is 2.07. The van der Waals surface area contributed by atoms with Crippen LogP contribution in [0.5, 0.6) is 0 Å². The zero-order chi connectivity index (χ0) is 11.1. The standard InChI is InChI=1S/C13H23N3/c1-2-4-10-16(9-3-1)11-8-14-12-13-6-5-7-15-13/h5-7,14-15H,1-4,8-12H2. The Bertz CT molecular complexity index is 261. The van der Waals surface area contributed by atoms with Gasteiger partial charge in [0.05, 0.1) is 0 Å². The van der Waals surface area contributed by atoms with Gasteiger partial charge in [-0.25, -0.2) is 0 Å². The molecular weight excluding hydrogens is 198 g/mol. The highest BCUT2D eigenvalue weighted by Crippen LogP contribution is 2.08. The summed E-state index contributed by atoms with van der Waals surface area (Å²) in [5.74, 6) is 0. The Morgan fingerprint density at radius 3 is 2.69 bits per heavy atom. The van der Waals surface area contributed by atoms with Crippen molar-refractivity contribution < 1.29 is 0 Å². The van der Waals surface area contributed by atoms with Gasteiger partial charge in [0.15, 0.2) is 0 Å². The van der Waals surface area contributed by atoms with E-state index in [4.69, 9.17) is 0 Å². The van der Waals surface area contributed by atoms with E-state index in [9.17, 15) is 0 Å². The lowest BCUT2D eigenvalue weighted by Crippen LogP contribution is -2.32. The Kier molecular flexibility index (Phi) is 4.90. The molecule has 1 aliphatic heterocycles. The van der Waals surface area contributed by atoms with Crippen LogP contribution in [0.3, 0.4) is 0 Å². The topological polar surface area (TPSA) is 31.1 Å². The third-order valence-electron chi connectivity index (χ3n) is 3.28.